The Balaban J connectivity index is 1.52. The molecule has 0 radical (unpaired) electrons. The summed E-state index contributed by atoms with van der Waals surface area (Å²) in [6.45, 7) is 0.531. The van der Waals surface area contributed by atoms with Crippen LogP contribution in [0.25, 0.3) is 0 Å². The average molecular weight is 517 g/mol. The van der Waals surface area contributed by atoms with Gasteiger partial charge in [-0.15, -0.1) is 0 Å². The fraction of sp³-hybridized carbons (Fsp3) is 0.138. The van der Waals surface area contributed by atoms with Crippen LogP contribution in [-0.2, 0) is 27.9 Å². The summed E-state index contributed by atoms with van der Waals surface area (Å²) in [5.41, 5.74) is 3.22. The van der Waals surface area contributed by atoms with Gasteiger partial charge in [-0.1, -0.05) is 54.6 Å². The highest BCUT2D eigenvalue weighted by molar-refractivity contribution is 7.92. The maximum Gasteiger partial charge on any atom is 0.255 e. The number of para-hydroxylation sites is 3. The van der Waals surface area contributed by atoms with Gasteiger partial charge in [0.05, 0.1) is 25.1 Å². The number of hydrogen-bond acceptors (Lipinski definition) is 5. The van der Waals surface area contributed by atoms with E-state index in [-0.39, 0.29) is 12.5 Å². The zero-order valence-corrected chi connectivity index (χ0v) is 21.4. The molecule has 0 unspecified atom stereocenters. The molecule has 1 amide bonds. The van der Waals surface area contributed by atoms with Gasteiger partial charge in [0.2, 0.25) is 10.0 Å². The van der Waals surface area contributed by atoms with Crippen LogP contribution in [0, 0.1) is 0 Å². The van der Waals surface area contributed by atoms with E-state index in [0.29, 0.717) is 35.0 Å². The summed E-state index contributed by atoms with van der Waals surface area (Å²) < 4.78 is 38.0. The number of nitrogens with zero attached hydrogens (tertiary/aromatic N) is 1. The average Bonchev–Trinajstić information content (AvgIpc) is 2.88. The number of hydrogen-bond donors (Lipinski definition) is 1. The Hall–Kier alpha value is -4.14. The topological polar surface area (TPSA) is 84.9 Å². The molecule has 4 aromatic rings. The van der Waals surface area contributed by atoms with Crippen molar-refractivity contribution in [1.29, 1.82) is 0 Å². The number of benzene rings is 4. The van der Waals surface area contributed by atoms with E-state index in [1.54, 1.807) is 67.8 Å². The van der Waals surface area contributed by atoms with Gasteiger partial charge in [0.15, 0.2) is 5.75 Å². The van der Waals surface area contributed by atoms with Gasteiger partial charge < -0.3 is 14.8 Å². The maximum atomic E-state index is 12.8. The Morgan fingerprint density at radius 3 is 2.24 bits per heavy atom. The van der Waals surface area contributed by atoms with Gasteiger partial charge in [-0.25, -0.2) is 8.42 Å². The fourth-order valence-corrected chi connectivity index (χ4v) is 4.67. The molecule has 0 heterocycles. The number of nitrogens with one attached hydrogen (secondary N) is 1. The predicted octanol–water partition coefficient (Wildman–Crippen LogP) is 5.84. The standard InChI is InChI=1S/C29H28N2O5S/c1-35-21-23-9-8-10-25(19-23)30-29(32)24-17-15-22(16-18-24)20-31(37(2,33)34)27-13-6-7-14-28(27)36-26-11-4-3-5-12-26/h3-19H,20-21H2,1-2H3,(H,30,32). The van der Waals surface area contributed by atoms with Crippen LogP contribution in [0.2, 0.25) is 0 Å². The minimum Gasteiger partial charge on any atom is -0.455 e. The van der Waals surface area contributed by atoms with Crippen LogP contribution in [0.15, 0.2) is 103 Å². The highest BCUT2D eigenvalue weighted by Gasteiger charge is 2.22. The lowest BCUT2D eigenvalue weighted by Crippen LogP contribution is -2.29. The molecule has 0 fully saturated rings. The third kappa shape index (κ3) is 6.97. The van der Waals surface area contributed by atoms with Gasteiger partial charge in [-0.05, 0) is 59.7 Å². The molecule has 0 bridgehead atoms. The van der Waals surface area contributed by atoms with Crippen LogP contribution >= 0.6 is 0 Å². The Kier molecular flexibility index (Phi) is 8.22. The molecule has 0 aromatic heterocycles. The number of carbonyl (C=O) groups excluding carboxylic acids is 1. The van der Waals surface area contributed by atoms with E-state index in [9.17, 15) is 13.2 Å². The SMILES string of the molecule is COCc1cccc(NC(=O)c2ccc(CN(c3ccccc3Oc3ccccc3)S(C)(=O)=O)cc2)c1. The zero-order chi connectivity index (χ0) is 26.3. The molecule has 0 saturated heterocycles. The number of rotatable bonds is 10. The van der Waals surface area contributed by atoms with Crippen molar-refractivity contribution in [3.63, 3.8) is 0 Å². The molecular formula is C29H28N2O5S. The van der Waals surface area contributed by atoms with E-state index in [2.05, 4.69) is 5.32 Å². The first-order chi connectivity index (χ1) is 17.8. The van der Waals surface area contributed by atoms with Crippen LogP contribution in [0.4, 0.5) is 11.4 Å². The fourth-order valence-electron chi connectivity index (χ4n) is 3.78. The van der Waals surface area contributed by atoms with Gasteiger partial charge in [-0.2, -0.15) is 0 Å². The molecule has 8 heteroatoms. The van der Waals surface area contributed by atoms with E-state index in [1.807, 2.05) is 42.5 Å². The van der Waals surface area contributed by atoms with E-state index >= 15 is 0 Å². The lowest BCUT2D eigenvalue weighted by molar-refractivity contribution is 0.102. The lowest BCUT2D eigenvalue weighted by atomic mass is 10.1. The van der Waals surface area contributed by atoms with E-state index in [1.165, 1.54) is 4.31 Å². The normalized spacial score (nSPS) is 11.1. The van der Waals surface area contributed by atoms with Crippen molar-refractivity contribution in [2.45, 2.75) is 13.2 Å². The number of carbonyl (C=O) groups is 1. The molecule has 4 rings (SSSR count). The second-order valence-electron chi connectivity index (χ2n) is 8.44. The Bertz CT molecular complexity index is 1460. The molecule has 0 aliphatic heterocycles. The summed E-state index contributed by atoms with van der Waals surface area (Å²) >= 11 is 0. The largest absolute Gasteiger partial charge is 0.455 e. The zero-order valence-electron chi connectivity index (χ0n) is 20.6. The third-order valence-electron chi connectivity index (χ3n) is 5.54. The maximum absolute atomic E-state index is 12.8. The Morgan fingerprint density at radius 2 is 1.54 bits per heavy atom. The third-order valence-corrected chi connectivity index (χ3v) is 6.67. The van der Waals surface area contributed by atoms with Crippen LogP contribution < -0.4 is 14.4 Å². The van der Waals surface area contributed by atoms with Crippen molar-refractivity contribution in [3.8, 4) is 11.5 Å². The molecule has 0 spiro atoms. The molecule has 0 saturated carbocycles. The molecule has 4 aromatic carbocycles. The number of anilines is 2. The van der Waals surface area contributed by atoms with Gasteiger partial charge >= 0.3 is 0 Å². The second-order valence-corrected chi connectivity index (χ2v) is 10.3. The number of ether oxygens (including phenoxy) is 2. The Morgan fingerprint density at radius 1 is 0.838 bits per heavy atom. The molecule has 1 N–H and O–H groups in total. The first-order valence-electron chi connectivity index (χ1n) is 11.6. The van der Waals surface area contributed by atoms with E-state index in [0.717, 1.165) is 17.4 Å². The number of sulfonamides is 1. The van der Waals surface area contributed by atoms with E-state index < -0.39 is 10.0 Å². The van der Waals surface area contributed by atoms with Crippen LogP contribution in [0.5, 0.6) is 11.5 Å². The van der Waals surface area contributed by atoms with Gasteiger partial charge in [0.1, 0.15) is 5.75 Å². The first-order valence-corrected chi connectivity index (χ1v) is 13.5. The number of methoxy groups -OCH3 is 1. The van der Waals surface area contributed by atoms with Crippen molar-refractivity contribution >= 4 is 27.3 Å². The molecule has 0 atom stereocenters. The molecule has 7 nitrogen and oxygen atoms in total. The van der Waals surface area contributed by atoms with Crippen LogP contribution in [-0.4, -0.2) is 27.7 Å². The van der Waals surface area contributed by atoms with Crippen molar-refractivity contribution in [2.75, 3.05) is 23.0 Å². The quantitative estimate of drug-likeness (QED) is 0.286. The summed E-state index contributed by atoms with van der Waals surface area (Å²) in [7, 11) is -2.03. The summed E-state index contributed by atoms with van der Waals surface area (Å²) in [5, 5.41) is 2.88. The smallest absolute Gasteiger partial charge is 0.255 e. The summed E-state index contributed by atoms with van der Waals surface area (Å²) in [6, 6.07) is 30.5. The van der Waals surface area contributed by atoms with Gasteiger partial charge in [0.25, 0.3) is 5.91 Å². The van der Waals surface area contributed by atoms with Crippen molar-refractivity contribution in [2.24, 2.45) is 0 Å². The molecule has 0 aliphatic carbocycles. The predicted molar refractivity (Wildman–Crippen MR) is 146 cm³/mol. The minimum absolute atomic E-state index is 0.0783. The van der Waals surface area contributed by atoms with E-state index in [4.69, 9.17) is 9.47 Å². The van der Waals surface area contributed by atoms with Crippen LogP contribution in [0.3, 0.4) is 0 Å². The summed E-state index contributed by atoms with van der Waals surface area (Å²) in [4.78, 5) is 12.8. The van der Waals surface area contributed by atoms with Crippen LogP contribution in [0.1, 0.15) is 21.5 Å². The summed E-state index contributed by atoms with van der Waals surface area (Å²) in [6.07, 6.45) is 1.16. The highest BCUT2D eigenvalue weighted by Crippen LogP contribution is 2.34. The number of amides is 1. The minimum atomic E-state index is -3.64. The Labute approximate surface area is 217 Å². The molecule has 37 heavy (non-hydrogen) atoms. The monoisotopic (exact) mass is 516 g/mol. The first kappa shape index (κ1) is 25.9. The second kappa shape index (κ2) is 11.7. The molecule has 0 aliphatic rings. The van der Waals surface area contributed by atoms with Gasteiger partial charge in [-0.3, -0.25) is 9.10 Å². The van der Waals surface area contributed by atoms with Gasteiger partial charge in [0, 0.05) is 18.4 Å². The summed E-state index contributed by atoms with van der Waals surface area (Å²) in [5.74, 6) is 0.764. The van der Waals surface area contributed by atoms with Crippen molar-refractivity contribution < 1.29 is 22.7 Å². The lowest BCUT2D eigenvalue weighted by Gasteiger charge is -2.25. The highest BCUT2D eigenvalue weighted by atomic mass is 32.2. The van der Waals surface area contributed by atoms with Crippen molar-refractivity contribution in [1.82, 2.24) is 0 Å². The molecular weight excluding hydrogens is 488 g/mol. The van der Waals surface area contributed by atoms with Crippen molar-refractivity contribution in [3.05, 3.63) is 120 Å². The molecule has 190 valence electrons.